The number of fused-ring (bicyclic) bond motifs is 1. The highest BCUT2D eigenvalue weighted by Crippen LogP contribution is 2.30. The van der Waals surface area contributed by atoms with Gasteiger partial charge in [-0.1, -0.05) is 16.1 Å². The van der Waals surface area contributed by atoms with Crippen LogP contribution in [0.2, 0.25) is 4.34 Å². The van der Waals surface area contributed by atoms with E-state index in [-0.39, 0.29) is 5.82 Å². The van der Waals surface area contributed by atoms with Crippen molar-refractivity contribution in [1.29, 1.82) is 0 Å². The largest absolute Gasteiger partial charge is 0.365 e. The van der Waals surface area contributed by atoms with E-state index in [9.17, 15) is 4.39 Å². The Morgan fingerprint density at radius 1 is 1.44 bits per heavy atom. The van der Waals surface area contributed by atoms with Crippen LogP contribution >= 0.6 is 23.1 Å². The Hall–Kier alpha value is -1.20. The van der Waals surface area contributed by atoms with Gasteiger partial charge in [-0.25, -0.2) is 4.39 Å². The van der Waals surface area contributed by atoms with Crippen LogP contribution in [0, 0.1) is 5.82 Å². The first-order chi connectivity index (χ1) is 8.74. The number of nitrogens with zero attached hydrogens (tertiary/aromatic N) is 3. The lowest BCUT2D eigenvalue weighted by molar-refractivity contribution is 0.617. The highest BCUT2D eigenvalue weighted by Gasteiger charge is 2.19. The minimum absolute atomic E-state index is 0.177. The lowest BCUT2D eigenvalue weighted by Gasteiger charge is -2.30. The molecule has 18 heavy (non-hydrogen) atoms. The molecular formula is C12H11ClFN3S. The molecule has 0 aliphatic carbocycles. The summed E-state index contributed by atoms with van der Waals surface area (Å²) in [6, 6.07) is 4.94. The maximum Gasteiger partial charge on any atom is 0.139 e. The first-order valence-corrected chi connectivity index (χ1v) is 6.89. The van der Waals surface area contributed by atoms with Crippen LogP contribution in [0.15, 0.2) is 18.2 Å². The summed E-state index contributed by atoms with van der Waals surface area (Å²) in [5.41, 5.74) is 2.92. The molecule has 0 unspecified atom stereocenters. The number of anilines is 1. The van der Waals surface area contributed by atoms with Gasteiger partial charge in [0.25, 0.3) is 0 Å². The maximum atomic E-state index is 13.2. The molecule has 0 radical (unpaired) electrons. The van der Waals surface area contributed by atoms with E-state index in [2.05, 4.69) is 14.5 Å². The summed E-state index contributed by atoms with van der Waals surface area (Å²) >= 11 is 7.21. The Morgan fingerprint density at radius 3 is 3.11 bits per heavy atom. The standard InChI is InChI=1S/C12H11ClFN3S/c13-12-10(15-16-18-12)7-17-5-1-2-8-6-9(14)3-4-11(8)17/h3-4,6H,1-2,5,7H2. The van der Waals surface area contributed by atoms with Crippen molar-refractivity contribution < 1.29 is 4.39 Å². The van der Waals surface area contributed by atoms with Crippen molar-refractivity contribution in [3.05, 3.63) is 39.6 Å². The van der Waals surface area contributed by atoms with Crippen molar-refractivity contribution in [2.24, 2.45) is 0 Å². The normalized spacial score (nSPS) is 14.7. The summed E-state index contributed by atoms with van der Waals surface area (Å²) < 4.78 is 17.7. The fraction of sp³-hybridized carbons (Fsp3) is 0.333. The first-order valence-electron chi connectivity index (χ1n) is 5.74. The molecule has 1 aliphatic rings. The molecule has 2 heterocycles. The molecular weight excluding hydrogens is 273 g/mol. The average Bonchev–Trinajstić information content (AvgIpc) is 2.75. The van der Waals surface area contributed by atoms with Gasteiger partial charge in [0.15, 0.2) is 0 Å². The number of aromatic nitrogens is 2. The molecule has 1 aromatic carbocycles. The molecule has 0 amide bonds. The third kappa shape index (κ3) is 2.20. The summed E-state index contributed by atoms with van der Waals surface area (Å²) in [5.74, 6) is -0.177. The molecule has 0 atom stereocenters. The Bertz CT molecular complexity index is 572. The Balaban J connectivity index is 1.90. The topological polar surface area (TPSA) is 29.0 Å². The maximum absolute atomic E-state index is 13.2. The van der Waals surface area contributed by atoms with Crippen molar-refractivity contribution in [3.63, 3.8) is 0 Å². The number of rotatable bonds is 2. The Kier molecular flexibility index (Phi) is 3.18. The summed E-state index contributed by atoms with van der Waals surface area (Å²) in [6.45, 7) is 1.57. The van der Waals surface area contributed by atoms with Crippen molar-refractivity contribution >= 4 is 28.8 Å². The number of hydrogen-bond donors (Lipinski definition) is 0. The van der Waals surface area contributed by atoms with Gasteiger partial charge < -0.3 is 4.90 Å². The van der Waals surface area contributed by atoms with Crippen LogP contribution < -0.4 is 4.90 Å². The molecule has 0 spiro atoms. The number of aryl methyl sites for hydroxylation is 1. The van der Waals surface area contributed by atoms with Crippen LogP contribution in [0.4, 0.5) is 10.1 Å². The van der Waals surface area contributed by atoms with Crippen molar-refractivity contribution in [1.82, 2.24) is 9.59 Å². The van der Waals surface area contributed by atoms with E-state index < -0.39 is 0 Å². The van der Waals surface area contributed by atoms with E-state index in [4.69, 9.17) is 11.6 Å². The summed E-state index contributed by atoms with van der Waals surface area (Å²) in [6.07, 6.45) is 1.94. The minimum Gasteiger partial charge on any atom is -0.365 e. The van der Waals surface area contributed by atoms with Crippen LogP contribution in [0.3, 0.4) is 0 Å². The van der Waals surface area contributed by atoms with E-state index in [1.165, 1.54) is 17.6 Å². The fourth-order valence-electron chi connectivity index (χ4n) is 2.28. The SMILES string of the molecule is Fc1ccc2c(c1)CCCN2Cc1nnsc1Cl. The van der Waals surface area contributed by atoms with Crippen LogP contribution in [-0.2, 0) is 13.0 Å². The molecule has 6 heteroatoms. The van der Waals surface area contributed by atoms with E-state index in [1.807, 2.05) is 6.07 Å². The molecule has 3 rings (SSSR count). The van der Waals surface area contributed by atoms with E-state index in [0.717, 1.165) is 36.3 Å². The fourth-order valence-corrected chi connectivity index (χ4v) is 2.89. The van der Waals surface area contributed by atoms with Crippen molar-refractivity contribution in [2.45, 2.75) is 19.4 Å². The van der Waals surface area contributed by atoms with Gasteiger partial charge >= 0.3 is 0 Å². The highest BCUT2D eigenvalue weighted by molar-refractivity contribution is 7.10. The van der Waals surface area contributed by atoms with Gasteiger partial charge in [-0.2, -0.15) is 0 Å². The van der Waals surface area contributed by atoms with Gasteiger partial charge in [-0.15, -0.1) is 5.10 Å². The molecule has 0 fully saturated rings. The number of hydrogen-bond acceptors (Lipinski definition) is 4. The summed E-state index contributed by atoms with van der Waals surface area (Å²) in [5, 5.41) is 4.02. The van der Waals surface area contributed by atoms with Gasteiger partial charge in [0, 0.05) is 23.8 Å². The smallest absolute Gasteiger partial charge is 0.139 e. The predicted molar refractivity (Wildman–Crippen MR) is 70.7 cm³/mol. The zero-order chi connectivity index (χ0) is 12.5. The van der Waals surface area contributed by atoms with Gasteiger partial charge in [0.2, 0.25) is 0 Å². The third-order valence-electron chi connectivity index (χ3n) is 3.11. The Labute approximate surface area is 113 Å². The zero-order valence-corrected chi connectivity index (χ0v) is 11.1. The molecule has 0 bridgehead atoms. The van der Waals surface area contributed by atoms with Crippen LogP contribution in [0.1, 0.15) is 17.7 Å². The molecule has 0 saturated heterocycles. The van der Waals surface area contributed by atoms with Crippen molar-refractivity contribution in [3.8, 4) is 0 Å². The van der Waals surface area contributed by atoms with E-state index >= 15 is 0 Å². The monoisotopic (exact) mass is 283 g/mol. The highest BCUT2D eigenvalue weighted by atomic mass is 35.5. The minimum atomic E-state index is -0.177. The van der Waals surface area contributed by atoms with Gasteiger partial charge in [-0.3, -0.25) is 0 Å². The molecule has 3 nitrogen and oxygen atoms in total. The second-order valence-electron chi connectivity index (χ2n) is 4.29. The third-order valence-corrected chi connectivity index (χ3v) is 4.09. The lowest BCUT2D eigenvalue weighted by Crippen LogP contribution is -2.29. The van der Waals surface area contributed by atoms with Gasteiger partial charge in [0.1, 0.15) is 15.8 Å². The van der Waals surface area contributed by atoms with Crippen LogP contribution in [-0.4, -0.2) is 16.1 Å². The molecule has 1 aliphatic heterocycles. The average molecular weight is 284 g/mol. The quantitative estimate of drug-likeness (QED) is 0.847. The molecule has 94 valence electrons. The second-order valence-corrected chi connectivity index (χ2v) is 5.65. The first kappa shape index (κ1) is 11.9. The lowest BCUT2D eigenvalue weighted by atomic mass is 10.0. The molecule has 0 saturated carbocycles. The summed E-state index contributed by atoms with van der Waals surface area (Å²) in [7, 11) is 0. The van der Waals surface area contributed by atoms with Gasteiger partial charge in [0.05, 0.1) is 6.54 Å². The second kappa shape index (κ2) is 4.82. The molecule has 2 aromatic rings. The van der Waals surface area contributed by atoms with Crippen molar-refractivity contribution in [2.75, 3.05) is 11.4 Å². The van der Waals surface area contributed by atoms with E-state index in [1.54, 1.807) is 6.07 Å². The molecule has 0 N–H and O–H groups in total. The van der Waals surface area contributed by atoms with Crippen LogP contribution in [0.5, 0.6) is 0 Å². The van der Waals surface area contributed by atoms with Crippen LogP contribution in [0.25, 0.3) is 0 Å². The Morgan fingerprint density at radius 2 is 2.33 bits per heavy atom. The van der Waals surface area contributed by atoms with E-state index in [0.29, 0.717) is 10.9 Å². The molecule has 1 aromatic heterocycles. The number of halogens is 2. The van der Waals surface area contributed by atoms with Gasteiger partial charge in [-0.05, 0) is 36.6 Å². The summed E-state index contributed by atoms with van der Waals surface area (Å²) in [4.78, 5) is 2.18. The predicted octanol–water partition coefficient (Wildman–Crippen LogP) is 3.28. The number of benzene rings is 1. The zero-order valence-electron chi connectivity index (χ0n) is 9.57.